The van der Waals surface area contributed by atoms with Crippen molar-refractivity contribution in [2.24, 2.45) is 0 Å². The van der Waals surface area contributed by atoms with E-state index in [1.165, 1.54) is 17.1 Å². The van der Waals surface area contributed by atoms with Gasteiger partial charge in [-0.05, 0) is 11.6 Å². The number of carbonyl (C=O) groups is 1. The molecule has 2 aromatic rings. The molecule has 0 unspecified atom stereocenters. The summed E-state index contributed by atoms with van der Waals surface area (Å²) in [7, 11) is 0. The van der Waals surface area contributed by atoms with Crippen molar-refractivity contribution in [2.45, 2.75) is 6.54 Å². The third-order valence-corrected chi connectivity index (χ3v) is 2.29. The van der Waals surface area contributed by atoms with Crippen LogP contribution >= 0.6 is 11.6 Å². The first-order valence-corrected chi connectivity index (χ1v) is 4.76. The van der Waals surface area contributed by atoms with E-state index in [0.29, 0.717) is 11.6 Å². The summed E-state index contributed by atoms with van der Waals surface area (Å²) in [6.45, 7) is 0.363. The SMILES string of the molecule is O=C(O)c1cn(Cc2ccncc2Cl)nn1. The smallest absolute Gasteiger partial charge is 0.358 e. The number of pyridine rings is 1. The zero-order valence-corrected chi connectivity index (χ0v) is 8.79. The van der Waals surface area contributed by atoms with Crippen molar-refractivity contribution >= 4 is 17.6 Å². The van der Waals surface area contributed by atoms with Gasteiger partial charge in [0.1, 0.15) is 0 Å². The summed E-state index contributed by atoms with van der Waals surface area (Å²) in [5.41, 5.74) is 0.712. The molecule has 82 valence electrons. The maximum Gasteiger partial charge on any atom is 0.358 e. The van der Waals surface area contributed by atoms with E-state index in [2.05, 4.69) is 15.3 Å². The number of hydrogen-bond acceptors (Lipinski definition) is 4. The summed E-state index contributed by atoms with van der Waals surface area (Å²) in [6.07, 6.45) is 4.47. The van der Waals surface area contributed by atoms with E-state index in [4.69, 9.17) is 16.7 Å². The van der Waals surface area contributed by atoms with Crippen LogP contribution < -0.4 is 0 Å². The lowest BCUT2D eigenvalue weighted by molar-refractivity contribution is 0.0690. The van der Waals surface area contributed by atoms with Crippen molar-refractivity contribution in [2.75, 3.05) is 0 Å². The monoisotopic (exact) mass is 238 g/mol. The van der Waals surface area contributed by atoms with Gasteiger partial charge in [0.25, 0.3) is 0 Å². The van der Waals surface area contributed by atoms with Crippen LogP contribution in [0, 0.1) is 0 Å². The van der Waals surface area contributed by atoms with E-state index in [1.54, 1.807) is 12.3 Å². The van der Waals surface area contributed by atoms with E-state index < -0.39 is 5.97 Å². The van der Waals surface area contributed by atoms with Crippen molar-refractivity contribution < 1.29 is 9.90 Å². The Kier molecular flexibility index (Phi) is 2.82. The highest BCUT2D eigenvalue weighted by Gasteiger charge is 2.09. The second-order valence-corrected chi connectivity index (χ2v) is 3.48. The van der Waals surface area contributed by atoms with Gasteiger partial charge in [0.2, 0.25) is 0 Å². The minimum atomic E-state index is -1.10. The standard InChI is InChI=1S/C9H7ClN4O2/c10-7-3-11-2-1-6(7)4-14-5-8(9(15)16)12-13-14/h1-3,5H,4H2,(H,15,16). The van der Waals surface area contributed by atoms with Crippen molar-refractivity contribution in [3.8, 4) is 0 Å². The lowest BCUT2D eigenvalue weighted by atomic mass is 10.3. The first-order valence-electron chi connectivity index (χ1n) is 4.38. The number of carboxylic acids is 1. The fourth-order valence-corrected chi connectivity index (χ4v) is 1.36. The zero-order valence-electron chi connectivity index (χ0n) is 8.04. The molecule has 0 aliphatic rings. The van der Waals surface area contributed by atoms with E-state index in [1.807, 2.05) is 0 Å². The minimum Gasteiger partial charge on any atom is -0.476 e. The molecular formula is C9H7ClN4O2. The predicted octanol–water partition coefficient (Wildman–Crippen LogP) is 1.07. The first kappa shape index (κ1) is 10.6. The number of rotatable bonds is 3. The molecule has 0 atom stereocenters. The first-order chi connectivity index (χ1) is 7.66. The molecule has 2 rings (SSSR count). The Bertz CT molecular complexity index is 526. The molecule has 0 aliphatic carbocycles. The molecule has 0 radical (unpaired) electrons. The predicted molar refractivity (Wildman–Crippen MR) is 55.3 cm³/mol. The third kappa shape index (κ3) is 2.17. The molecule has 0 aliphatic heterocycles. The van der Waals surface area contributed by atoms with Gasteiger partial charge >= 0.3 is 5.97 Å². The molecule has 16 heavy (non-hydrogen) atoms. The van der Waals surface area contributed by atoms with Crippen LogP contribution in [0.15, 0.2) is 24.7 Å². The largest absolute Gasteiger partial charge is 0.476 e. The maximum absolute atomic E-state index is 10.6. The van der Waals surface area contributed by atoms with Crippen LogP contribution in [0.3, 0.4) is 0 Å². The molecule has 0 aromatic carbocycles. The summed E-state index contributed by atoms with van der Waals surface area (Å²) >= 11 is 5.90. The van der Waals surface area contributed by atoms with Crippen LogP contribution in [0.5, 0.6) is 0 Å². The highest BCUT2D eigenvalue weighted by molar-refractivity contribution is 6.31. The van der Waals surface area contributed by atoms with E-state index in [9.17, 15) is 4.79 Å². The molecular weight excluding hydrogens is 232 g/mol. The molecule has 0 saturated carbocycles. The van der Waals surface area contributed by atoms with Gasteiger partial charge in [0.05, 0.1) is 17.8 Å². The van der Waals surface area contributed by atoms with Crippen LogP contribution in [0.2, 0.25) is 5.02 Å². The Labute approximate surface area is 95.5 Å². The molecule has 0 spiro atoms. The minimum absolute atomic E-state index is 0.0924. The topological polar surface area (TPSA) is 80.9 Å². The lowest BCUT2D eigenvalue weighted by Crippen LogP contribution is -2.01. The number of nitrogens with zero attached hydrogens (tertiary/aromatic N) is 4. The summed E-state index contributed by atoms with van der Waals surface area (Å²) < 4.78 is 1.41. The molecule has 6 nitrogen and oxygen atoms in total. The summed E-state index contributed by atoms with van der Waals surface area (Å²) in [4.78, 5) is 14.4. The number of aromatic carboxylic acids is 1. The van der Waals surface area contributed by atoms with Gasteiger partial charge < -0.3 is 5.11 Å². The van der Waals surface area contributed by atoms with Crippen molar-refractivity contribution in [3.63, 3.8) is 0 Å². The fourth-order valence-electron chi connectivity index (χ4n) is 1.18. The van der Waals surface area contributed by atoms with Crippen molar-refractivity contribution in [1.82, 2.24) is 20.0 Å². The normalized spacial score (nSPS) is 10.3. The number of halogens is 1. The highest BCUT2D eigenvalue weighted by atomic mass is 35.5. The maximum atomic E-state index is 10.6. The second-order valence-electron chi connectivity index (χ2n) is 3.07. The fraction of sp³-hybridized carbons (Fsp3) is 0.111. The Balaban J connectivity index is 2.21. The Morgan fingerprint density at radius 3 is 3.00 bits per heavy atom. The van der Waals surface area contributed by atoms with Gasteiger partial charge in [-0.2, -0.15) is 0 Å². The van der Waals surface area contributed by atoms with Crippen LogP contribution in [-0.2, 0) is 6.54 Å². The number of aromatic nitrogens is 4. The third-order valence-electron chi connectivity index (χ3n) is 1.95. The van der Waals surface area contributed by atoms with E-state index in [-0.39, 0.29) is 5.69 Å². The molecule has 0 amide bonds. The average Bonchev–Trinajstić information content (AvgIpc) is 2.70. The van der Waals surface area contributed by atoms with Gasteiger partial charge in [0, 0.05) is 12.4 Å². The van der Waals surface area contributed by atoms with Gasteiger partial charge in [0.15, 0.2) is 5.69 Å². The van der Waals surface area contributed by atoms with Gasteiger partial charge in [-0.15, -0.1) is 5.10 Å². The summed E-state index contributed by atoms with van der Waals surface area (Å²) in [6, 6.07) is 1.74. The summed E-state index contributed by atoms with van der Waals surface area (Å²) in [5.74, 6) is -1.10. The Hall–Kier alpha value is -1.95. The van der Waals surface area contributed by atoms with Crippen LogP contribution in [-0.4, -0.2) is 31.1 Å². The van der Waals surface area contributed by atoms with E-state index in [0.717, 1.165) is 5.56 Å². The second kappa shape index (κ2) is 4.28. The molecule has 7 heteroatoms. The van der Waals surface area contributed by atoms with Crippen LogP contribution in [0.4, 0.5) is 0 Å². The average molecular weight is 239 g/mol. The molecule has 0 saturated heterocycles. The highest BCUT2D eigenvalue weighted by Crippen LogP contribution is 2.14. The Morgan fingerprint density at radius 2 is 2.38 bits per heavy atom. The van der Waals surface area contributed by atoms with Gasteiger partial charge in [-0.3, -0.25) is 4.98 Å². The molecule has 0 bridgehead atoms. The van der Waals surface area contributed by atoms with Crippen molar-refractivity contribution in [1.29, 1.82) is 0 Å². The molecule has 0 fully saturated rings. The van der Waals surface area contributed by atoms with Crippen LogP contribution in [0.25, 0.3) is 0 Å². The number of hydrogen-bond donors (Lipinski definition) is 1. The van der Waals surface area contributed by atoms with Gasteiger partial charge in [-0.25, -0.2) is 9.48 Å². The molecule has 2 aromatic heterocycles. The summed E-state index contributed by atoms with van der Waals surface area (Å²) in [5, 5.41) is 16.4. The van der Waals surface area contributed by atoms with Crippen LogP contribution in [0.1, 0.15) is 16.1 Å². The van der Waals surface area contributed by atoms with Gasteiger partial charge in [-0.1, -0.05) is 16.8 Å². The Morgan fingerprint density at radius 1 is 1.56 bits per heavy atom. The molecule has 2 heterocycles. The lowest BCUT2D eigenvalue weighted by Gasteiger charge is -2.01. The van der Waals surface area contributed by atoms with Crippen molar-refractivity contribution in [3.05, 3.63) is 40.9 Å². The number of carboxylic acid groups (broad SMARTS) is 1. The zero-order chi connectivity index (χ0) is 11.5. The van der Waals surface area contributed by atoms with E-state index >= 15 is 0 Å². The molecule has 1 N–H and O–H groups in total. The quantitative estimate of drug-likeness (QED) is 0.865.